The van der Waals surface area contributed by atoms with Crippen LogP contribution in [-0.4, -0.2) is 4.98 Å². The summed E-state index contributed by atoms with van der Waals surface area (Å²) in [6, 6.07) is 8.46. The minimum atomic E-state index is 1.08. The second-order valence-electron chi connectivity index (χ2n) is 3.17. The van der Waals surface area contributed by atoms with Gasteiger partial charge in [0.15, 0.2) is 0 Å². The van der Waals surface area contributed by atoms with Gasteiger partial charge in [-0.05, 0) is 24.1 Å². The van der Waals surface area contributed by atoms with E-state index in [1.54, 1.807) is 0 Å². The van der Waals surface area contributed by atoms with Crippen molar-refractivity contribution in [2.24, 2.45) is 0 Å². The Kier molecular flexibility index (Phi) is 1.01. The van der Waals surface area contributed by atoms with Crippen LogP contribution in [0.2, 0.25) is 0 Å². The summed E-state index contributed by atoms with van der Waals surface area (Å²) in [5.41, 5.74) is 3.99. The number of benzene rings is 1. The summed E-state index contributed by atoms with van der Waals surface area (Å²) in [6.07, 6.45) is 5.45. The van der Waals surface area contributed by atoms with Crippen LogP contribution in [0.5, 0.6) is 0 Å². The van der Waals surface area contributed by atoms with Crippen LogP contribution in [0, 0.1) is 0 Å². The summed E-state index contributed by atoms with van der Waals surface area (Å²) in [5, 5.41) is 1.37. The van der Waals surface area contributed by atoms with Gasteiger partial charge in [-0.15, -0.1) is 0 Å². The number of hydrogen-bond donors (Lipinski definition) is 1. The number of fused-ring (bicyclic) bond motifs is 3. The fraction of sp³-hybridized carbons (Fsp3) is 0.0909. The molecule has 12 heavy (non-hydrogen) atoms. The van der Waals surface area contributed by atoms with Crippen LogP contribution in [0.4, 0.5) is 0 Å². The van der Waals surface area contributed by atoms with Gasteiger partial charge in [-0.3, -0.25) is 0 Å². The first-order valence-corrected chi connectivity index (χ1v) is 4.21. The molecule has 1 nitrogen and oxygen atoms in total. The molecule has 1 heterocycles. The Morgan fingerprint density at radius 2 is 2.08 bits per heavy atom. The molecule has 0 amide bonds. The van der Waals surface area contributed by atoms with Crippen LogP contribution in [-0.2, 0) is 6.42 Å². The molecule has 0 saturated carbocycles. The predicted octanol–water partition coefficient (Wildman–Crippen LogP) is 2.74. The molecule has 58 valence electrons. The van der Waals surface area contributed by atoms with Crippen molar-refractivity contribution in [1.82, 2.24) is 4.98 Å². The van der Waals surface area contributed by atoms with Crippen molar-refractivity contribution < 1.29 is 0 Å². The van der Waals surface area contributed by atoms with E-state index in [9.17, 15) is 0 Å². The third-order valence-corrected chi connectivity index (χ3v) is 2.45. The van der Waals surface area contributed by atoms with E-state index >= 15 is 0 Å². The zero-order valence-electron chi connectivity index (χ0n) is 6.67. The smallest absolute Gasteiger partial charge is 0.0461 e. The first-order valence-electron chi connectivity index (χ1n) is 4.21. The minimum absolute atomic E-state index is 1.08. The van der Waals surface area contributed by atoms with E-state index in [2.05, 4.69) is 41.4 Å². The molecule has 2 aromatic rings. The zero-order chi connectivity index (χ0) is 7.97. The van der Waals surface area contributed by atoms with Crippen molar-refractivity contribution in [1.29, 1.82) is 0 Å². The maximum atomic E-state index is 3.39. The fourth-order valence-corrected chi connectivity index (χ4v) is 1.88. The molecule has 0 bridgehead atoms. The van der Waals surface area contributed by atoms with E-state index in [1.165, 1.54) is 22.2 Å². The van der Waals surface area contributed by atoms with Crippen LogP contribution in [0.3, 0.4) is 0 Å². The molecule has 1 aliphatic carbocycles. The largest absolute Gasteiger partial charge is 0.355 e. The first kappa shape index (κ1) is 6.06. The Hall–Kier alpha value is -1.50. The zero-order valence-corrected chi connectivity index (χ0v) is 6.67. The third kappa shape index (κ3) is 0.632. The van der Waals surface area contributed by atoms with Gasteiger partial charge < -0.3 is 4.98 Å². The molecule has 0 aliphatic heterocycles. The number of aromatic amines is 1. The molecule has 3 rings (SSSR count). The van der Waals surface area contributed by atoms with Gasteiger partial charge in [0.2, 0.25) is 0 Å². The standard InChI is InChI=1S/C11H9N/c1-2-6-10-8(4-1)9-5-3-7-11(9)12-10/h1-4,6-7,12H,5H2. The summed E-state index contributed by atoms with van der Waals surface area (Å²) in [7, 11) is 0. The van der Waals surface area contributed by atoms with Crippen LogP contribution in [0.1, 0.15) is 11.3 Å². The normalized spacial score (nSPS) is 14.0. The molecule has 1 aromatic heterocycles. The van der Waals surface area contributed by atoms with Crippen molar-refractivity contribution in [2.75, 3.05) is 0 Å². The molecule has 0 radical (unpaired) electrons. The van der Waals surface area contributed by atoms with Gasteiger partial charge in [-0.25, -0.2) is 0 Å². The van der Waals surface area contributed by atoms with Gasteiger partial charge in [0.05, 0.1) is 0 Å². The number of rotatable bonds is 0. The summed E-state index contributed by atoms with van der Waals surface area (Å²) < 4.78 is 0. The maximum Gasteiger partial charge on any atom is 0.0461 e. The molecule has 1 N–H and O–H groups in total. The highest BCUT2D eigenvalue weighted by Crippen LogP contribution is 2.27. The molecule has 0 unspecified atom stereocenters. The number of nitrogens with one attached hydrogen (secondary N) is 1. The molecule has 0 atom stereocenters. The summed E-state index contributed by atoms with van der Waals surface area (Å²) in [4.78, 5) is 3.39. The van der Waals surface area contributed by atoms with E-state index in [4.69, 9.17) is 0 Å². The van der Waals surface area contributed by atoms with E-state index < -0.39 is 0 Å². The van der Waals surface area contributed by atoms with E-state index in [1.807, 2.05) is 0 Å². The Bertz CT molecular complexity index is 463. The van der Waals surface area contributed by atoms with Crippen LogP contribution >= 0.6 is 0 Å². The average molecular weight is 155 g/mol. The third-order valence-electron chi connectivity index (χ3n) is 2.45. The Labute approximate surface area is 70.7 Å². The lowest BCUT2D eigenvalue weighted by atomic mass is 10.1. The first-order chi connectivity index (χ1) is 5.95. The summed E-state index contributed by atoms with van der Waals surface area (Å²) in [5.74, 6) is 0. The van der Waals surface area contributed by atoms with Crippen LogP contribution < -0.4 is 0 Å². The van der Waals surface area contributed by atoms with E-state index in [0.29, 0.717) is 0 Å². The van der Waals surface area contributed by atoms with Crippen LogP contribution in [0.25, 0.3) is 17.0 Å². The highest BCUT2D eigenvalue weighted by Gasteiger charge is 2.10. The topological polar surface area (TPSA) is 15.8 Å². The summed E-state index contributed by atoms with van der Waals surface area (Å²) >= 11 is 0. The molecule has 1 heteroatoms. The Balaban J connectivity index is 2.49. The second kappa shape index (κ2) is 2.01. The highest BCUT2D eigenvalue weighted by molar-refractivity contribution is 5.88. The van der Waals surface area contributed by atoms with Gasteiger partial charge in [0, 0.05) is 16.6 Å². The predicted molar refractivity (Wildman–Crippen MR) is 51.0 cm³/mol. The van der Waals surface area contributed by atoms with Crippen LogP contribution in [0.15, 0.2) is 30.3 Å². The lowest BCUT2D eigenvalue weighted by Gasteiger charge is -1.90. The number of H-pyrrole nitrogens is 1. The maximum absolute atomic E-state index is 3.39. The molecule has 0 saturated heterocycles. The lowest BCUT2D eigenvalue weighted by Crippen LogP contribution is -1.73. The minimum Gasteiger partial charge on any atom is -0.355 e. The van der Waals surface area contributed by atoms with Gasteiger partial charge in [0.25, 0.3) is 0 Å². The number of hydrogen-bond acceptors (Lipinski definition) is 0. The van der Waals surface area contributed by atoms with Crippen molar-refractivity contribution >= 4 is 17.0 Å². The Morgan fingerprint density at radius 3 is 3.08 bits per heavy atom. The molecule has 0 fully saturated rings. The quantitative estimate of drug-likeness (QED) is 0.602. The number of aromatic nitrogens is 1. The lowest BCUT2D eigenvalue weighted by molar-refractivity contribution is 1.33. The van der Waals surface area contributed by atoms with Gasteiger partial charge in [-0.1, -0.05) is 24.3 Å². The molecular weight excluding hydrogens is 146 g/mol. The molecular formula is C11H9N. The highest BCUT2D eigenvalue weighted by atomic mass is 14.7. The average Bonchev–Trinajstić information content (AvgIpc) is 2.62. The summed E-state index contributed by atoms with van der Waals surface area (Å²) in [6.45, 7) is 0. The molecule has 1 aromatic carbocycles. The van der Waals surface area contributed by atoms with Crippen molar-refractivity contribution in [3.05, 3.63) is 41.6 Å². The van der Waals surface area contributed by atoms with E-state index in [-0.39, 0.29) is 0 Å². The van der Waals surface area contributed by atoms with Crippen molar-refractivity contribution in [3.63, 3.8) is 0 Å². The van der Waals surface area contributed by atoms with Crippen molar-refractivity contribution in [2.45, 2.75) is 6.42 Å². The van der Waals surface area contributed by atoms with Crippen molar-refractivity contribution in [3.8, 4) is 0 Å². The molecule has 1 aliphatic rings. The number of allylic oxidation sites excluding steroid dienone is 1. The Morgan fingerprint density at radius 1 is 1.17 bits per heavy atom. The SMILES string of the molecule is C1=Cc2[nH]c3ccccc3c2C1. The molecule has 0 spiro atoms. The second-order valence-corrected chi connectivity index (χ2v) is 3.17. The van der Waals surface area contributed by atoms with E-state index in [0.717, 1.165) is 6.42 Å². The number of para-hydroxylation sites is 1. The van der Waals surface area contributed by atoms with Gasteiger partial charge in [0.1, 0.15) is 0 Å². The fourth-order valence-electron chi connectivity index (χ4n) is 1.88. The monoisotopic (exact) mass is 155 g/mol. The van der Waals surface area contributed by atoms with Gasteiger partial charge in [-0.2, -0.15) is 0 Å². The van der Waals surface area contributed by atoms with Gasteiger partial charge >= 0.3 is 0 Å².